The van der Waals surface area contributed by atoms with Crippen molar-refractivity contribution in [3.8, 4) is 6.07 Å². The number of anilines is 1. The van der Waals surface area contributed by atoms with Crippen LogP contribution in [0, 0.1) is 11.3 Å². The van der Waals surface area contributed by atoms with Gasteiger partial charge < -0.3 is 5.32 Å². The van der Waals surface area contributed by atoms with E-state index in [-0.39, 0.29) is 5.57 Å². The van der Waals surface area contributed by atoms with Crippen LogP contribution in [0.2, 0.25) is 10.0 Å². The summed E-state index contributed by atoms with van der Waals surface area (Å²) in [6.45, 7) is 2.06. The van der Waals surface area contributed by atoms with Crippen LogP contribution in [0.15, 0.2) is 48.0 Å². The monoisotopic (exact) mass is 344 g/mol. The molecule has 0 unspecified atom stereocenters. The van der Waals surface area contributed by atoms with Crippen molar-refractivity contribution in [1.82, 2.24) is 0 Å². The van der Waals surface area contributed by atoms with Gasteiger partial charge in [0.05, 0.1) is 0 Å². The first-order valence-electron chi connectivity index (χ1n) is 7.00. The number of carbonyl (C=O) groups is 1. The molecule has 0 aliphatic carbocycles. The fourth-order valence-electron chi connectivity index (χ4n) is 1.94. The third-order valence-corrected chi connectivity index (χ3v) is 3.81. The van der Waals surface area contributed by atoms with Crippen LogP contribution in [0.1, 0.15) is 18.1 Å². The lowest BCUT2D eigenvalue weighted by atomic mass is 10.1. The van der Waals surface area contributed by atoms with Crippen LogP contribution in [-0.2, 0) is 11.2 Å². The van der Waals surface area contributed by atoms with Crippen molar-refractivity contribution in [2.75, 3.05) is 5.32 Å². The van der Waals surface area contributed by atoms with Crippen LogP contribution >= 0.6 is 23.2 Å². The van der Waals surface area contributed by atoms with Gasteiger partial charge in [-0.1, -0.05) is 48.3 Å². The van der Waals surface area contributed by atoms with Crippen LogP contribution in [-0.4, -0.2) is 5.91 Å². The van der Waals surface area contributed by atoms with Gasteiger partial charge in [-0.15, -0.1) is 0 Å². The van der Waals surface area contributed by atoms with E-state index in [2.05, 4.69) is 12.2 Å². The summed E-state index contributed by atoms with van der Waals surface area (Å²) in [5.41, 5.74) is 2.33. The number of rotatable bonds is 4. The Kier molecular flexibility index (Phi) is 5.81. The molecule has 1 amide bonds. The zero-order chi connectivity index (χ0) is 16.8. The van der Waals surface area contributed by atoms with Crippen LogP contribution < -0.4 is 5.32 Å². The summed E-state index contributed by atoms with van der Waals surface area (Å²) >= 11 is 11.9. The summed E-state index contributed by atoms with van der Waals surface area (Å²) in [7, 11) is 0. The van der Waals surface area contributed by atoms with E-state index < -0.39 is 5.91 Å². The molecule has 0 fully saturated rings. The highest BCUT2D eigenvalue weighted by Crippen LogP contribution is 2.23. The van der Waals surface area contributed by atoms with Gasteiger partial charge in [-0.25, -0.2) is 0 Å². The van der Waals surface area contributed by atoms with Gasteiger partial charge in [-0.3, -0.25) is 4.79 Å². The zero-order valence-electron chi connectivity index (χ0n) is 12.4. The summed E-state index contributed by atoms with van der Waals surface area (Å²) in [5, 5.41) is 12.8. The molecule has 0 saturated heterocycles. The number of hydrogen-bond acceptors (Lipinski definition) is 2. The van der Waals surface area contributed by atoms with Gasteiger partial charge in [0.25, 0.3) is 5.91 Å². The molecular formula is C18H14Cl2N2O. The van der Waals surface area contributed by atoms with E-state index in [0.717, 1.165) is 6.42 Å². The maximum atomic E-state index is 12.2. The number of halogens is 2. The molecule has 2 aromatic carbocycles. The minimum absolute atomic E-state index is 0.0335. The lowest BCUT2D eigenvalue weighted by Gasteiger charge is -2.06. The highest BCUT2D eigenvalue weighted by molar-refractivity contribution is 6.35. The second-order valence-corrected chi connectivity index (χ2v) is 5.68. The molecule has 0 radical (unpaired) electrons. The van der Waals surface area contributed by atoms with Crippen molar-refractivity contribution in [3.63, 3.8) is 0 Å². The SMILES string of the molecule is CCc1ccc(NC(=O)/C(C#N)=C/c2ccc(Cl)cc2Cl)cc1. The smallest absolute Gasteiger partial charge is 0.266 e. The number of nitriles is 1. The van der Waals surface area contributed by atoms with E-state index in [1.807, 2.05) is 18.2 Å². The van der Waals surface area contributed by atoms with E-state index in [1.165, 1.54) is 11.6 Å². The van der Waals surface area contributed by atoms with E-state index >= 15 is 0 Å². The largest absolute Gasteiger partial charge is 0.321 e. The van der Waals surface area contributed by atoms with E-state index in [0.29, 0.717) is 21.3 Å². The van der Waals surface area contributed by atoms with Crippen LogP contribution in [0.25, 0.3) is 6.08 Å². The fourth-order valence-corrected chi connectivity index (χ4v) is 2.41. The molecule has 23 heavy (non-hydrogen) atoms. The Morgan fingerprint density at radius 1 is 1.22 bits per heavy atom. The molecule has 0 bridgehead atoms. The predicted molar refractivity (Wildman–Crippen MR) is 94.5 cm³/mol. The number of nitrogens with zero attached hydrogens (tertiary/aromatic N) is 1. The molecule has 116 valence electrons. The van der Waals surface area contributed by atoms with Gasteiger partial charge in [0.15, 0.2) is 0 Å². The molecular weight excluding hydrogens is 331 g/mol. The number of amides is 1. The fraction of sp³-hybridized carbons (Fsp3) is 0.111. The average molecular weight is 345 g/mol. The Morgan fingerprint density at radius 2 is 1.91 bits per heavy atom. The number of carbonyl (C=O) groups excluding carboxylic acids is 1. The summed E-state index contributed by atoms with van der Waals surface area (Å²) in [6.07, 6.45) is 2.36. The first-order valence-corrected chi connectivity index (χ1v) is 7.76. The average Bonchev–Trinajstić information content (AvgIpc) is 2.54. The molecule has 0 saturated carbocycles. The third-order valence-electron chi connectivity index (χ3n) is 3.25. The molecule has 0 aromatic heterocycles. The molecule has 2 rings (SSSR count). The van der Waals surface area contributed by atoms with Gasteiger partial charge in [0.2, 0.25) is 0 Å². The Balaban J connectivity index is 2.20. The van der Waals surface area contributed by atoms with E-state index in [9.17, 15) is 10.1 Å². The first-order chi connectivity index (χ1) is 11.0. The molecule has 3 nitrogen and oxygen atoms in total. The van der Waals surface area contributed by atoms with Crippen LogP contribution in [0.5, 0.6) is 0 Å². The maximum Gasteiger partial charge on any atom is 0.266 e. The molecule has 0 spiro atoms. The molecule has 5 heteroatoms. The lowest BCUT2D eigenvalue weighted by Crippen LogP contribution is -2.13. The maximum absolute atomic E-state index is 12.2. The highest BCUT2D eigenvalue weighted by Gasteiger charge is 2.10. The minimum atomic E-state index is -0.484. The quantitative estimate of drug-likeness (QED) is 0.619. The Morgan fingerprint density at radius 3 is 2.48 bits per heavy atom. The van der Waals surface area contributed by atoms with Crippen LogP contribution in [0.3, 0.4) is 0 Å². The van der Waals surface area contributed by atoms with Crippen molar-refractivity contribution in [2.45, 2.75) is 13.3 Å². The Labute approximate surface area is 145 Å². The van der Waals surface area contributed by atoms with Gasteiger partial charge in [0, 0.05) is 15.7 Å². The second-order valence-electron chi connectivity index (χ2n) is 4.84. The molecule has 0 aliphatic rings. The molecule has 0 atom stereocenters. The standard InChI is InChI=1S/C18H14Cl2N2O/c1-2-12-3-7-16(8-4-12)22-18(23)14(11-21)9-13-5-6-15(19)10-17(13)20/h3-10H,2H2,1H3,(H,22,23)/b14-9+. The lowest BCUT2D eigenvalue weighted by molar-refractivity contribution is -0.112. The number of benzene rings is 2. The second kappa shape index (κ2) is 7.82. The predicted octanol–water partition coefficient (Wildman–Crippen LogP) is 5.10. The number of nitrogens with one attached hydrogen (secondary N) is 1. The normalized spacial score (nSPS) is 11.0. The Bertz CT molecular complexity index is 790. The third kappa shape index (κ3) is 4.59. The molecule has 2 aromatic rings. The van der Waals surface area contributed by atoms with Gasteiger partial charge in [-0.2, -0.15) is 5.26 Å². The molecule has 0 heterocycles. The van der Waals surface area contributed by atoms with Crippen molar-refractivity contribution >= 4 is 40.9 Å². The van der Waals surface area contributed by atoms with Gasteiger partial charge in [-0.05, 0) is 47.9 Å². The topological polar surface area (TPSA) is 52.9 Å². The summed E-state index contributed by atoms with van der Waals surface area (Å²) in [4.78, 5) is 12.2. The van der Waals surface area contributed by atoms with Crippen molar-refractivity contribution < 1.29 is 4.79 Å². The van der Waals surface area contributed by atoms with Crippen LogP contribution in [0.4, 0.5) is 5.69 Å². The van der Waals surface area contributed by atoms with Crippen molar-refractivity contribution in [3.05, 3.63) is 69.2 Å². The zero-order valence-corrected chi connectivity index (χ0v) is 13.9. The van der Waals surface area contributed by atoms with Crippen molar-refractivity contribution in [2.24, 2.45) is 0 Å². The van der Waals surface area contributed by atoms with E-state index in [4.69, 9.17) is 23.2 Å². The van der Waals surface area contributed by atoms with Gasteiger partial charge in [0.1, 0.15) is 11.6 Å². The molecule has 0 aliphatic heterocycles. The highest BCUT2D eigenvalue weighted by atomic mass is 35.5. The molecule has 1 N–H and O–H groups in total. The van der Waals surface area contributed by atoms with Crippen molar-refractivity contribution in [1.29, 1.82) is 5.26 Å². The minimum Gasteiger partial charge on any atom is -0.321 e. The summed E-state index contributed by atoms with van der Waals surface area (Å²) in [6, 6.07) is 14.2. The van der Waals surface area contributed by atoms with Gasteiger partial charge >= 0.3 is 0 Å². The number of hydrogen-bond donors (Lipinski definition) is 1. The first kappa shape index (κ1) is 17.1. The number of aryl methyl sites for hydroxylation is 1. The Hall–Kier alpha value is -2.28. The summed E-state index contributed by atoms with van der Waals surface area (Å²) in [5.74, 6) is -0.484. The van der Waals surface area contributed by atoms with E-state index in [1.54, 1.807) is 30.3 Å². The summed E-state index contributed by atoms with van der Waals surface area (Å²) < 4.78 is 0.